The number of ether oxygens (including phenoxy) is 8. The normalized spacial score (nSPS) is 19.8. The number of nitrogens with zero attached hydrogens (tertiary/aromatic N) is 1. The molecule has 7 amide bonds. The van der Waals surface area contributed by atoms with Crippen molar-refractivity contribution in [1.29, 1.82) is 0 Å². The number of amides is 7. The summed E-state index contributed by atoms with van der Waals surface area (Å²) in [6.07, 6.45) is -12.0. The minimum absolute atomic E-state index is 0.00476. The molecule has 0 aromatic heterocycles. The summed E-state index contributed by atoms with van der Waals surface area (Å²) >= 11 is 0. The second-order valence-electron chi connectivity index (χ2n) is 13.1. The minimum Gasteiger partial charge on any atom is -0.467 e. The zero-order valence-corrected chi connectivity index (χ0v) is 34.9. The highest BCUT2D eigenvalue weighted by Crippen LogP contribution is 2.31. The van der Waals surface area contributed by atoms with Gasteiger partial charge < -0.3 is 64.5 Å². The van der Waals surface area contributed by atoms with Crippen molar-refractivity contribution in [1.82, 2.24) is 26.2 Å². The summed E-state index contributed by atoms with van der Waals surface area (Å²) in [7, 11) is 2.81. The average molecular weight is 891 g/mol. The van der Waals surface area contributed by atoms with Gasteiger partial charge in [-0.2, -0.15) is 0 Å². The molecular formula is C35H50N6O21. The number of rotatable bonds is 22. The molecule has 6 N–H and O–H groups in total. The molecule has 0 unspecified atom stereocenters. The van der Waals surface area contributed by atoms with E-state index in [4.69, 9.17) is 34.2 Å². The predicted octanol–water partition coefficient (Wildman–Crippen LogP) is -5.34. The number of carbonyl (C=O) groups excluding carboxylic acids is 13. The Bertz CT molecular complexity index is 1720. The van der Waals surface area contributed by atoms with Gasteiger partial charge in [0.15, 0.2) is 24.6 Å². The van der Waals surface area contributed by atoms with Crippen molar-refractivity contribution in [3.63, 3.8) is 0 Å². The van der Waals surface area contributed by atoms with Gasteiger partial charge in [-0.1, -0.05) is 0 Å². The van der Waals surface area contributed by atoms with Gasteiger partial charge in [-0.05, 0) is 13.3 Å². The first-order valence-electron chi connectivity index (χ1n) is 18.2. The maximum Gasteiger partial charge on any atom is 0.396 e. The van der Waals surface area contributed by atoms with E-state index in [9.17, 15) is 62.3 Å². The Kier molecular flexibility index (Phi) is 22.1. The van der Waals surface area contributed by atoms with Gasteiger partial charge in [-0.3, -0.25) is 58.1 Å². The molecule has 9 atom stereocenters. The van der Waals surface area contributed by atoms with Gasteiger partial charge in [-0.15, -0.1) is 0 Å². The highest BCUT2D eigenvalue weighted by Gasteiger charge is 2.54. The number of hydrogen-bond acceptors (Lipinski definition) is 21. The second-order valence-corrected chi connectivity index (χ2v) is 13.1. The molecule has 1 aliphatic heterocycles. The van der Waals surface area contributed by atoms with Crippen LogP contribution < -0.4 is 27.0 Å². The van der Waals surface area contributed by atoms with Crippen LogP contribution >= 0.6 is 0 Å². The van der Waals surface area contributed by atoms with Crippen molar-refractivity contribution in [2.45, 2.75) is 109 Å². The molecule has 1 fully saturated rings. The van der Waals surface area contributed by atoms with Crippen LogP contribution in [0, 0.1) is 0 Å². The average Bonchev–Trinajstić information content (AvgIpc) is 3.18. The standard InChI is InChI=1S/C35H50N6O21/c1-15(58-35-29(61-19(5)46)28(60-18(4)45)27(59-17(3)44)22(62-35)13-57-16(2)43)26(31(51)40-21(33(53)55-7)11-24(48)38-14-42)41(6)25(49)12-37-30(50)20(9-10-23(36)47)39-32(52)34(54)56-8/h14-15,20-22,26-29,35H,9-13H2,1-8H3,(H2,36,47)(H,37,50)(H,39,52)(H,40,51)(H,38,42,48)/t15-,20+,21-,22+,26-,27+,28-,29+,35-/m0/s1. The predicted molar refractivity (Wildman–Crippen MR) is 197 cm³/mol. The van der Waals surface area contributed by atoms with Crippen LogP contribution in [0.15, 0.2) is 0 Å². The molecule has 1 heterocycles. The van der Waals surface area contributed by atoms with Crippen LogP contribution in [-0.4, -0.2) is 172 Å². The van der Waals surface area contributed by atoms with E-state index in [1.54, 1.807) is 5.32 Å². The number of primary amides is 1. The highest BCUT2D eigenvalue weighted by atomic mass is 16.7. The lowest BCUT2D eigenvalue weighted by molar-refractivity contribution is -0.317. The SMILES string of the molecule is COC(=O)C(=O)N[C@H](CCC(N)=O)C(=O)NCC(=O)N(C)[C@H](C(=O)N[C@@H](CC(=O)NC=O)C(=O)OC)[C@H](C)O[C@H]1O[C@H](COC(C)=O)[C@@H](OC(C)=O)[C@H](OC(C)=O)[C@H]1OC(C)=O. The summed E-state index contributed by atoms with van der Waals surface area (Å²) in [5, 5.41) is 8.20. The number of carbonyl (C=O) groups is 13. The van der Waals surface area contributed by atoms with E-state index in [0.717, 1.165) is 55.9 Å². The first kappa shape index (κ1) is 53.2. The molecule has 0 spiro atoms. The van der Waals surface area contributed by atoms with Gasteiger partial charge in [0.25, 0.3) is 0 Å². The maximum atomic E-state index is 14.1. The summed E-state index contributed by atoms with van der Waals surface area (Å²) in [6.45, 7) is 3.46. The van der Waals surface area contributed by atoms with Crippen LogP contribution in [0.1, 0.15) is 53.9 Å². The summed E-state index contributed by atoms with van der Waals surface area (Å²) in [5.41, 5.74) is 5.15. The Hall–Kier alpha value is -6.77. The lowest BCUT2D eigenvalue weighted by atomic mass is 9.97. The topological polar surface area (TPSA) is 373 Å². The van der Waals surface area contributed by atoms with Gasteiger partial charge in [0.05, 0.1) is 33.3 Å². The third kappa shape index (κ3) is 17.4. The molecule has 62 heavy (non-hydrogen) atoms. The Labute approximate surface area is 352 Å². The first-order valence-corrected chi connectivity index (χ1v) is 18.2. The molecule has 27 heteroatoms. The number of imide groups is 1. The van der Waals surface area contributed by atoms with Gasteiger partial charge in [0.2, 0.25) is 35.9 Å². The van der Waals surface area contributed by atoms with Crippen molar-refractivity contribution < 1.29 is 100 Å². The largest absolute Gasteiger partial charge is 0.467 e. The smallest absolute Gasteiger partial charge is 0.396 e. The van der Waals surface area contributed by atoms with Crippen molar-refractivity contribution in [2.24, 2.45) is 5.73 Å². The number of nitrogens with two attached hydrogens (primary N) is 1. The van der Waals surface area contributed by atoms with Crippen LogP contribution in [0.3, 0.4) is 0 Å². The number of likely N-dealkylation sites (N-methyl/N-ethyl adjacent to an activating group) is 1. The molecule has 0 bridgehead atoms. The van der Waals surface area contributed by atoms with Crippen molar-refractivity contribution in [2.75, 3.05) is 34.4 Å². The quantitative estimate of drug-likeness (QED) is 0.0293. The number of esters is 6. The Morgan fingerprint density at radius 3 is 1.87 bits per heavy atom. The summed E-state index contributed by atoms with van der Waals surface area (Å²) in [6, 6.07) is -5.35. The lowest BCUT2D eigenvalue weighted by Gasteiger charge is -2.45. The zero-order valence-electron chi connectivity index (χ0n) is 34.9. The van der Waals surface area contributed by atoms with Crippen molar-refractivity contribution in [3.8, 4) is 0 Å². The van der Waals surface area contributed by atoms with Crippen LogP contribution in [0.2, 0.25) is 0 Å². The summed E-state index contributed by atoms with van der Waals surface area (Å²) in [4.78, 5) is 161. The zero-order chi connectivity index (χ0) is 47.4. The van der Waals surface area contributed by atoms with Gasteiger partial charge >= 0.3 is 41.7 Å². The maximum absolute atomic E-state index is 14.1. The van der Waals surface area contributed by atoms with E-state index in [-0.39, 0.29) is 6.41 Å². The number of nitrogens with one attached hydrogen (secondary N) is 4. The molecular weight excluding hydrogens is 840 g/mol. The van der Waals surface area contributed by atoms with Crippen molar-refractivity contribution >= 4 is 77.7 Å². The molecule has 346 valence electrons. The van der Waals surface area contributed by atoms with Crippen LogP contribution in [0.4, 0.5) is 0 Å². The fourth-order valence-electron chi connectivity index (χ4n) is 5.62. The monoisotopic (exact) mass is 890 g/mol. The summed E-state index contributed by atoms with van der Waals surface area (Å²) in [5.74, 6) is -13.1. The number of methoxy groups -OCH3 is 2. The van der Waals surface area contributed by atoms with E-state index in [1.807, 2.05) is 5.32 Å². The molecule has 0 aromatic rings. The molecule has 0 saturated carbocycles. The van der Waals surface area contributed by atoms with E-state index < -0.39 is 159 Å². The van der Waals surface area contributed by atoms with E-state index in [1.165, 1.54) is 0 Å². The summed E-state index contributed by atoms with van der Waals surface area (Å²) < 4.78 is 42.1. The molecule has 27 nitrogen and oxygen atoms in total. The third-order valence-corrected chi connectivity index (χ3v) is 8.32. The van der Waals surface area contributed by atoms with E-state index >= 15 is 0 Å². The fourth-order valence-corrected chi connectivity index (χ4v) is 5.62. The Morgan fingerprint density at radius 2 is 1.35 bits per heavy atom. The third-order valence-electron chi connectivity index (χ3n) is 8.32. The lowest BCUT2D eigenvalue weighted by Crippen LogP contribution is -2.64. The van der Waals surface area contributed by atoms with E-state index in [2.05, 4.69) is 20.1 Å². The van der Waals surface area contributed by atoms with Gasteiger partial charge in [0.1, 0.15) is 30.8 Å². The van der Waals surface area contributed by atoms with Crippen LogP contribution in [0.25, 0.3) is 0 Å². The Morgan fingerprint density at radius 1 is 0.774 bits per heavy atom. The van der Waals surface area contributed by atoms with Gasteiger partial charge in [0, 0.05) is 41.2 Å². The second kappa shape index (κ2) is 25.8. The molecule has 0 radical (unpaired) electrons. The molecule has 1 saturated heterocycles. The highest BCUT2D eigenvalue weighted by molar-refractivity contribution is 6.32. The molecule has 1 aliphatic rings. The minimum atomic E-state index is -1.93. The van der Waals surface area contributed by atoms with Gasteiger partial charge in [-0.25, -0.2) is 9.59 Å². The fraction of sp³-hybridized carbons (Fsp3) is 0.629. The Balaban J connectivity index is 3.77. The number of hydrogen-bond donors (Lipinski definition) is 5. The van der Waals surface area contributed by atoms with Crippen LogP contribution in [-0.2, 0) is 100 Å². The molecule has 0 aromatic carbocycles. The molecule has 1 rings (SSSR count). The van der Waals surface area contributed by atoms with E-state index in [0.29, 0.717) is 4.90 Å². The first-order chi connectivity index (χ1) is 29.0. The van der Waals surface area contributed by atoms with Crippen molar-refractivity contribution in [3.05, 3.63) is 0 Å². The van der Waals surface area contributed by atoms with Crippen LogP contribution in [0.5, 0.6) is 0 Å². The molecule has 0 aliphatic carbocycles.